The third-order valence-electron chi connectivity index (χ3n) is 2.50. The second-order valence-corrected chi connectivity index (χ2v) is 3.74. The highest BCUT2D eigenvalue weighted by atomic mass is 32.1. The quantitative estimate of drug-likeness (QED) is 0.673. The Kier molecular flexibility index (Phi) is 4.59. The topological polar surface area (TPSA) is 23.6 Å². The lowest BCUT2D eigenvalue weighted by atomic mass is 10.3. The first-order valence-electron chi connectivity index (χ1n) is 4.89. The number of hydrogen-bond acceptors (Lipinski definition) is 3. The molecule has 0 radical (unpaired) electrons. The summed E-state index contributed by atoms with van der Waals surface area (Å²) in [6, 6.07) is 0. The summed E-state index contributed by atoms with van der Waals surface area (Å²) in [7, 11) is 0. The van der Waals surface area contributed by atoms with Crippen LogP contribution in [0.4, 0.5) is 0 Å². The molecular weight excluding hydrogens is 184 g/mol. The van der Waals surface area contributed by atoms with E-state index in [1.807, 2.05) is 4.90 Å². The van der Waals surface area contributed by atoms with Crippen molar-refractivity contribution in [3.63, 3.8) is 0 Å². The summed E-state index contributed by atoms with van der Waals surface area (Å²) in [4.78, 5) is 15.8. The highest BCUT2D eigenvalue weighted by Crippen LogP contribution is 2.03. The molecule has 0 unspecified atom stereocenters. The van der Waals surface area contributed by atoms with Crippen molar-refractivity contribution in [3.8, 4) is 0 Å². The molecule has 1 aliphatic heterocycles. The van der Waals surface area contributed by atoms with Gasteiger partial charge in [-0.3, -0.25) is 4.79 Å². The minimum absolute atomic E-state index is 0.255. The van der Waals surface area contributed by atoms with E-state index in [1.54, 1.807) is 0 Å². The van der Waals surface area contributed by atoms with Gasteiger partial charge in [-0.25, -0.2) is 0 Å². The molecule has 1 fully saturated rings. The summed E-state index contributed by atoms with van der Waals surface area (Å²) < 4.78 is 0. The Hall–Kier alpha value is -0.220. The standard InChI is InChI=1S/C9H18N2OS/c1-2-10-4-6-11(7-5-10)9(12)3-8-13/h13H,2-8H2,1H3. The van der Waals surface area contributed by atoms with Gasteiger partial charge in [0.15, 0.2) is 0 Å². The van der Waals surface area contributed by atoms with Gasteiger partial charge in [0, 0.05) is 32.6 Å². The van der Waals surface area contributed by atoms with Gasteiger partial charge in [-0.1, -0.05) is 6.92 Å². The number of hydrogen-bond donors (Lipinski definition) is 1. The van der Waals surface area contributed by atoms with Gasteiger partial charge in [0.25, 0.3) is 0 Å². The molecule has 0 N–H and O–H groups in total. The maximum Gasteiger partial charge on any atom is 0.223 e. The molecule has 0 aliphatic carbocycles. The first-order valence-corrected chi connectivity index (χ1v) is 5.52. The van der Waals surface area contributed by atoms with Gasteiger partial charge in [0.2, 0.25) is 5.91 Å². The lowest BCUT2D eigenvalue weighted by molar-refractivity contribution is -0.132. The predicted octanol–water partition coefficient (Wildman–Crippen LogP) is 0.470. The van der Waals surface area contributed by atoms with Crippen LogP contribution in [0.3, 0.4) is 0 Å². The SMILES string of the molecule is CCN1CCN(C(=O)CCS)CC1. The van der Waals surface area contributed by atoms with E-state index >= 15 is 0 Å². The van der Waals surface area contributed by atoms with Gasteiger partial charge in [0.05, 0.1) is 0 Å². The lowest BCUT2D eigenvalue weighted by Crippen LogP contribution is -2.48. The molecule has 76 valence electrons. The van der Waals surface area contributed by atoms with Gasteiger partial charge >= 0.3 is 0 Å². The van der Waals surface area contributed by atoms with Crippen molar-refractivity contribution in [2.45, 2.75) is 13.3 Å². The number of rotatable bonds is 3. The van der Waals surface area contributed by atoms with Crippen molar-refractivity contribution < 1.29 is 4.79 Å². The number of amides is 1. The van der Waals surface area contributed by atoms with Crippen molar-refractivity contribution in [1.29, 1.82) is 0 Å². The number of thiol groups is 1. The van der Waals surface area contributed by atoms with Gasteiger partial charge in [-0.15, -0.1) is 0 Å². The fourth-order valence-corrected chi connectivity index (χ4v) is 1.76. The van der Waals surface area contributed by atoms with E-state index in [0.29, 0.717) is 12.2 Å². The Morgan fingerprint density at radius 3 is 2.38 bits per heavy atom. The molecule has 1 aliphatic rings. The number of likely N-dealkylation sites (N-methyl/N-ethyl adjacent to an activating group) is 1. The number of piperazine rings is 1. The van der Waals surface area contributed by atoms with Gasteiger partial charge in [0.1, 0.15) is 0 Å². The highest BCUT2D eigenvalue weighted by Gasteiger charge is 2.18. The van der Waals surface area contributed by atoms with Crippen LogP contribution in [0.15, 0.2) is 0 Å². The van der Waals surface area contributed by atoms with E-state index in [-0.39, 0.29) is 5.91 Å². The molecule has 0 aromatic rings. The molecule has 0 bridgehead atoms. The molecular formula is C9H18N2OS. The van der Waals surface area contributed by atoms with E-state index in [2.05, 4.69) is 24.5 Å². The van der Waals surface area contributed by atoms with Crippen LogP contribution in [-0.2, 0) is 4.79 Å². The highest BCUT2D eigenvalue weighted by molar-refractivity contribution is 7.80. The van der Waals surface area contributed by atoms with Crippen molar-refractivity contribution >= 4 is 18.5 Å². The van der Waals surface area contributed by atoms with Crippen molar-refractivity contribution in [2.24, 2.45) is 0 Å². The van der Waals surface area contributed by atoms with E-state index in [1.165, 1.54) is 0 Å². The summed E-state index contributed by atoms with van der Waals surface area (Å²) >= 11 is 4.06. The van der Waals surface area contributed by atoms with Gasteiger partial charge in [-0.05, 0) is 12.3 Å². The first-order chi connectivity index (χ1) is 6.27. The fourth-order valence-electron chi connectivity index (χ4n) is 1.57. The molecule has 1 saturated heterocycles. The van der Waals surface area contributed by atoms with E-state index in [4.69, 9.17) is 0 Å². The van der Waals surface area contributed by atoms with E-state index in [0.717, 1.165) is 32.7 Å². The van der Waals surface area contributed by atoms with Crippen LogP contribution in [0, 0.1) is 0 Å². The Labute approximate surface area is 85.5 Å². The number of nitrogens with zero attached hydrogens (tertiary/aromatic N) is 2. The molecule has 0 spiro atoms. The molecule has 1 heterocycles. The Morgan fingerprint density at radius 1 is 1.31 bits per heavy atom. The third-order valence-corrected chi connectivity index (χ3v) is 2.72. The minimum Gasteiger partial charge on any atom is -0.340 e. The first kappa shape index (κ1) is 10.9. The zero-order valence-corrected chi connectivity index (χ0v) is 9.09. The van der Waals surface area contributed by atoms with E-state index < -0.39 is 0 Å². The molecule has 0 saturated carbocycles. The molecule has 0 aromatic carbocycles. The summed E-state index contributed by atoms with van der Waals surface area (Å²) in [6.45, 7) is 7.07. The van der Waals surface area contributed by atoms with Crippen LogP contribution in [0.25, 0.3) is 0 Å². The van der Waals surface area contributed by atoms with Crippen LogP contribution in [0.5, 0.6) is 0 Å². The minimum atomic E-state index is 0.255. The summed E-state index contributed by atoms with van der Waals surface area (Å²) in [5.74, 6) is 0.915. The largest absolute Gasteiger partial charge is 0.340 e. The molecule has 13 heavy (non-hydrogen) atoms. The average Bonchev–Trinajstić information content (AvgIpc) is 2.18. The van der Waals surface area contributed by atoms with Crippen LogP contribution < -0.4 is 0 Å². The van der Waals surface area contributed by atoms with Crippen LogP contribution in [0.2, 0.25) is 0 Å². The van der Waals surface area contributed by atoms with Crippen LogP contribution in [0.1, 0.15) is 13.3 Å². The second-order valence-electron chi connectivity index (χ2n) is 3.29. The lowest BCUT2D eigenvalue weighted by Gasteiger charge is -2.34. The number of carbonyl (C=O) groups excluding carboxylic acids is 1. The van der Waals surface area contributed by atoms with Gasteiger partial charge in [-0.2, -0.15) is 12.6 Å². The zero-order chi connectivity index (χ0) is 9.68. The predicted molar refractivity (Wildman–Crippen MR) is 57.2 cm³/mol. The Bertz CT molecular complexity index is 167. The van der Waals surface area contributed by atoms with E-state index in [9.17, 15) is 4.79 Å². The maximum atomic E-state index is 11.5. The molecule has 0 atom stereocenters. The summed E-state index contributed by atoms with van der Waals surface area (Å²) in [6.07, 6.45) is 0.579. The van der Waals surface area contributed by atoms with Crippen molar-refractivity contribution in [3.05, 3.63) is 0 Å². The average molecular weight is 202 g/mol. The molecule has 1 amide bonds. The summed E-state index contributed by atoms with van der Waals surface area (Å²) in [5.41, 5.74) is 0. The third kappa shape index (κ3) is 3.19. The maximum absolute atomic E-state index is 11.5. The van der Waals surface area contributed by atoms with Crippen LogP contribution in [-0.4, -0.2) is 54.2 Å². The normalized spacial score (nSPS) is 19.1. The van der Waals surface area contributed by atoms with Crippen molar-refractivity contribution in [1.82, 2.24) is 9.80 Å². The molecule has 0 aromatic heterocycles. The fraction of sp³-hybridized carbons (Fsp3) is 0.889. The smallest absolute Gasteiger partial charge is 0.223 e. The Morgan fingerprint density at radius 2 is 1.92 bits per heavy atom. The van der Waals surface area contributed by atoms with Crippen molar-refractivity contribution in [2.75, 3.05) is 38.5 Å². The monoisotopic (exact) mass is 202 g/mol. The van der Waals surface area contributed by atoms with Crippen LogP contribution >= 0.6 is 12.6 Å². The Balaban J connectivity index is 2.28. The van der Waals surface area contributed by atoms with Gasteiger partial charge < -0.3 is 9.80 Å². The molecule has 3 nitrogen and oxygen atoms in total. The number of carbonyl (C=O) groups is 1. The second kappa shape index (κ2) is 5.50. The summed E-state index contributed by atoms with van der Waals surface area (Å²) in [5, 5.41) is 0. The molecule has 1 rings (SSSR count). The zero-order valence-electron chi connectivity index (χ0n) is 8.20. The molecule has 4 heteroatoms.